The maximum atomic E-state index is 6.14. The minimum absolute atomic E-state index is 0.225. The van der Waals surface area contributed by atoms with Crippen LogP contribution in [0.2, 0.25) is 0 Å². The van der Waals surface area contributed by atoms with Crippen LogP contribution in [0.5, 0.6) is 0 Å². The number of nitrogens with zero attached hydrogens (tertiary/aromatic N) is 1. The fraction of sp³-hybridized carbons (Fsp3) is 1.00. The lowest BCUT2D eigenvalue weighted by molar-refractivity contribution is 0.313. The van der Waals surface area contributed by atoms with Crippen molar-refractivity contribution < 1.29 is 0 Å². The maximum absolute atomic E-state index is 6.14. The molecule has 0 aromatic heterocycles. The van der Waals surface area contributed by atoms with Gasteiger partial charge in [-0.15, -0.1) is 0 Å². The number of hydrogen-bond acceptors (Lipinski definition) is 2. The molecule has 2 nitrogen and oxygen atoms in total. The molecule has 1 aliphatic carbocycles. The molecular weight excluding hydrogens is 148 g/mol. The summed E-state index contributed by atoms with van der Waals surface area (Å²) in [5.41, 5.74) is 6.37. The molecule has 2 rings (SSSR count). The molecule has 1 saturated heterocycles. The molecule has 0 spiro atoms. The Balaban J connectivity index is 1.68. The zero-order valence-electron chi connectivity index (χ0n) is 8.05. The second-order valence-electron chi connectivity index (χ2n) is 4.64. The van der Waals surface area contributed by atoms with Crippen molar-refractivity contribution in [2.45, 2.75) is 38.1 Å². The molecule has 2 atom stereocenters. The zero-order valence-corrected chi connectivity index (χ0v) is 8.05. The van der Waals surface area contributed by atoms with Crippen molar-refractivity contribution in [2.24, 2.45) is 11.7 Å². The Bertz CT molecular complexity index is 163. The maximum Gasteiger partial charge on any atom is 0.0196 e. The fourth-order valence-corrected chi connectivity index (χ4v) is 2.23. The molecule has 1 saturated carbocycles. The summed E-state index contributed by atoms with van der Waals surface area (Å²) in [6.07, 6.45) is 5.26. The van der Waals surface area contributed by atoms with E-state index in [4.69, 9.17) is 5.73 Å². The standard InChI is InChI=1S/C10H20N2/c1-9-8-10(9,11)4-7-12-5-2-3-6-12/h9H,2-8,11H2,1H3. The van der Waals surface area contributed by atoms with Gasteiger partial charge in [-0.3, -0.25) is 0 Å². The van der Waals surface area contributed by atoms with Gasteiger partial charge < -0.3 is 10.6 Å². The van der Waals surface area contributed by atoms with E-state index in [-0.39, 0.29) is 5.54 Å². The Morgan fingerprint density at radius 2 is 2.00 bits per heavy atom. The van der Waals surface area contributed by atoms with E-state index in [9.17, 15) is 0 Å². The second kappa shape index (κ2) is 3.00. The van der Waals surface area contributed by atoms with Crippen LogP contribution in [-0.2, 0) is 0 Å². The van der Waals surface area contributed by atoms with Crippen molar-refractivity contribution in [3.8, 4) is 0 Å². The SMILES string of the molecule is CC1CC1(N)CCN1CCCC1. The average molecular weight is 168 g/mol. The van der Waals surface area contributed by atoms with Crippen LogP contribution in [0.3, 0.4) is 0 Å². The van der Waals surface area contributed by atoms with Gasteiger partial charge in [-0.05, 0) is 51.2 Å². The van der Waals surface area contributed by atoms with Crippen LogP contribution in [0.15, 0.2) is 0 Å². The normalized spacial score (nSPS) is 42.0. The van der Waals surface area contributed by atoms with Crippen LogP contribution in [-0.4, -0.2) is 30.1 Å². The predicted molar refractivity (Wildman–Crippen MR) is 51.0 cm³/mol. The predicted octanol–water partition coefficient (Wildman–Crippen LogP) is 1.21. The number of likely N-dealkylation sites (tertiary alicyclic amines) is 1. The highest BCUT2D eigenvalue weighted by molar-refractivity contribution is 5.05. The van der Waals surface area contributed by atoms with E-state index < -0.39 is 0 Å². The Labute approximate surface area is 75.1 Å². The quantitative estimate of drug-likeness (QED) is 0.686. The van der Waals surface area contributed by atoms with Crippen molar-refractivity contribution in [1.82, 2.24) is 4.90 Å². The van der Waals surface area contributed by atoms with Gasteiger partial charge in [0.1, 0.15) is 0 Å². The van der Waals surface area contributed by atoms with E-state index in [2.05, 4.69) is 11.8 Å². The first-order valence-corrected chi connectivity index (χ1v) is 5.22. The third-order valence-corrected chi connectivity index (χ3v) is 3.60. The van der Waals surface area contributed by atoms with E-state index in [0.29, 0.717) is 0 Å². The van der Waals surface area contributed by atoms with Gasteiger partial charge in [0, 0.05) is 5.54 Å². The molecule has 0 radical (unpaired) electrons. The summed E-state index contributed by atoms with van der Waals surface area (Å²) in [4.78, 5) is 2.56. The molecule has 2 unspecified atom stereocenters. The van der Waals surface area contributed by atoms with Crippen LogP contribution in [0.1, 0.15) is 32.6 Å². The smallest absolute Gasteiger partial charge is 0.0196 e. The average Bonchev–Trinajstić information content (AvgIpc) is 2.57. The lowest BCUT2D eigenvalue weighted by Crippen LogP contribution is -2.31. The van der Waals surface area contributed by atoms with Crippen LogP contribution < -0.4 is 5.73 Å². The molecule has 0 amide bonds. The first-order valence-electron chi connectivity index (χ1n) is 5.22. The van der Waals surface area contributed by atoms with Gasteiger partial charge in [0.15, 0.2) is 0 Å². The van der Waals surface area contributed by atoms with Gasteiger partial charge in [0.05, 0.1) is 0 Å². The molecule has 0 bridgehead atoms. The minimum atomic E-state index is 0.225. The largest absolute Gasteiger partial charge is 0.325 e. The number of hydrogen-bond donors (Lipinski definition) is 1. The summed E-state index contributed by atoms with van der Waals surface area (Å²) in [6, 6.07) is 0. The van der Waals surface area contributed by atoms with Gasteiger partial charge >= 0.3 is 0 Å². The molecule has 12 heavy (non-hydrogen) atoms. The first kappa shape index (κ1) is 8.52. The van der Waals surface area contributed by atoms with Crippen LogP contribution in [0.25, 0.3) is 0 Å². The molecule has 2 N–H and O–H groups in total. The summed E-state index contributed by atoms with van der Waals surface area (Å²) in [7, 11) is 0. The molecule has 1 heterocycles. The molecular formula is C10H20N2. The Morgan fingerprint density at radius 3 is 2.50 bits per heavy atom. The Hall–Kier alpha value is -0.0800. The van der Waals surface area contributed by atoms with E-state index in [0.717, 1.165) is 5.92 Å². The highest BCUT2D eigenvalue weighted by Gasteiger charge is 2.46. The van der Waals surface area contributed by atoms with Gasteiger partial charge in [0.2, 0.25) is 0 Å². The van der Waals surface area contributed by atoms with Crippen LogP contribution >= 0.6 is 0 Å². The molecule has 2 heteroatoms. The summed E-state index contributed by atoms with van der Waals surface area (Å²) >= 11 is 0. The van der Waals surface area contributed by atoms with Crippen LogP contribution in [0.4, 0.5) is 0 Å². The monoisotopic (exact) mass is 168 g/mol. The topological polar surface area (TPSA) is 29.3 Å². The highest BCUT2D eigenvalue weighted by Crippen LogP contribution is 2.43. The van der Waals surface area contributed by atoms with Crippen molar-refractivity contribution in [2.75, 3.05) is 19.6 Å². The third kappa shape index (κ3) is 1.64. The Morgan fingerprint density at radius 1 is 1.42 bits per heavy atom. The molecule has 0 aromatic carbocycles. The van der Waals surface area contributed by atoms with E-state index in [1.54, 1.807) is 0 Å². The van der Waals surface area contributed by atoms with Crippen molar-refractivity contribution in [3.63, 3.8) is 0 Å². The van der Waals surface area contributed by atoms with Gasteiger partial charge in [-0.25, -0.2) is 0 Å². The van der Waals surface area contributed by atoms with Crippen LogP contribution in [0, 0.1) is 5.92 Å². The molecule has 70 valence electrons. The van der Waals surface area contributed by atoms with E-state index in [1.807, 2.05) is 0 Å². The lowest BCUT2D eigenvalue weighted by Gasteiger charge is -2.17. The van der Waals surface area contributed by atoms with Gasteiger partial charge in [-0.1, -0.05) is 6.92 Å². The fourth-order valence-electron chi connectivity index (χ4n) is 2.23. The van der Waals surface area contributed by atoms with Crippen molar-refractivity contribution in [3.05, 3.63) is 0 Å². The van der Waals surface area contributed by atoms with E-state index in [1.165, 1.54) is 45.3 Å². The first-order chi connectivity index (χ1) is 5.71. The summed E-state index contributed by atoms with van der Waals surface area (Å²) in [5.74, 6) is 0.778. The van der Waals surface area contributed by atoms with E-state index >= 15 is 0 Å². The minimum Gasteiger partial charge on any atom is -0.325 e. The zero-order chi connectivity index (χ0) is 8.60. The molecule has 1 aliphatic heterocycles. The lowest BCUT2D eigenvalue weighted by atomic mass is 10.1. The molecule has 2 fully saturated rings. The van der Waals surface area contributed by atoms with Gasteiger partial charge in [-0.2, -0.15) is 0 Å². The van der Waals surface area contributed by atoms with Gasteiger partial charge in [0.25, 0.3) is 0 Å². The summed E-state index contributed by atoms with van der Waals surface area (Å²) in [5, 5.41) is 0. The van der Waals surface area contributed by atoms with Crippen molar-refractivity contribution in [1.29, 1.82) is 0 Å². The third-order valence-electron chi connectivity index (χ3n) is 3.60. The Kier molecular flexibility index (Phi) is 2.13. The molecule has 0 aromatic rings. The highest BCUT2D eigenvalue weighted by atomic mass is 15.1. The summed E-state index contributed by atoms with van der Waals surface area (Å²) in [6.45, 7) is 6.12. The van der Waals surface area contributed by atoms with Crippen molar-refractivity contribution >= 4 is 0 Å². The summed E-state index contributed by atoms with van der Waals surface area (Å²) < 4.78 is 0. The number of rotatable bonds is 3. The molecule has 2 aliphatic rings. The number of nitrogens with two attached hydrogens (primary N) is 1. The second-order valence-corrected chi connectivity index (χ2v) is 4.64.